The van der Waals surface area contributed by atoms with E-state index in [-0.39, 0.29) is 45.8 Å². The molecule has 2 saturated heterocycles. The van der Waals surface area contributed by atoms with Crippen LogP contribution in [0.25, 0.3) is 24.4 Å². The monoisotopic (exact) mass is 930 g/mol. The summed E-state index contributed by atoms with van der Waals surface area (Å²) in [6.07, 6.45) is 5.36. The molecule has 4 amide bonds. The molecule has 4 atom stereocenters. The number of benzene rings is 2. The van der Waals surface area contributed by atoms with Crippen LogP contribution in [0.4, 0.5) is 9.59 Å². The van der Waals surface area contributed by atoms with Gasteiger partial charge in [0.2, 0.25) is 11.8 Å². The Bertz CT molecular complexity index is 2550. The lowest BCUT2D eigenvalue weighted by atomic mass is 10.0. The van der Waals surface area contributed by atoms with Crippen LogP contribution in [0.3, 0.4) is 0 Å². The maximum atomic E-state index is 13.5. The highest BCUT2D eigenvalue weighted by Gasteiger charge is 2.39. The summed E-state index contributed by atoms with van der Waals surface area (Å²) in [7, 11) is -0.601. The van der Waals surface area contributed by atoms with Crippen LogP contribution in [0.15, 0.2) is 72.9 Å². The smallest absolute Gasteiger partial charge is 0.407 e. The van der Waals surface area contributed by atoms with Gasteiger partial charge in [-0.15, -0.1) is 13.2 Å². The third-order valence-corrected chi connectivity index (χ3v) is 11.7. The standard InChI is InChI=1S/C36H46N8O6.C8H8O3S.C2H4.CH4O/c1-21(2)29(41-35(47)49-5)33(45)43-17-7-9-27(43)31-37-19-25(39-31)16-13-23-11-14-24(15-12-23)26-20-38-32(40-26)28-10-8-18-44(28)34(46)30(22(3)4)42-36(48)50-6;1-6-4-3-5-8(7(6)2)12(9,10)11;2*1-2/h11-12,14-15,19-22,27-30H,7-10,17-18H2,1-6H3,(H,37,39)(H,38,40)(H,41,47)(H,42,48);3-5H,1-2H2,(H,9,10,11);1-2H2;2H,1H3/t27-,28-,29?,30?;;;/m0.../s1. The van der Waals surface area contributed by atoms with E-state index in [2.05, 4.69) is 68.7 Å². The van der Waals surface area contributed by atoms with E-state index in [1.165, 1.54) is 26.4 Å². The van der Waals surface area contributed by atoms with Crippen LogP contribution >= 0.6 is 0 Å². The first-order valence-electron chi connectivity index (χ1n) is 21.1. The van der Waals surface area contributed by atoms with Gasteiger partial charge in [0, 0.05) is 25.8 Å². The molecule has 6 rings (SSSR count). The van der Waals surface area contributed by atoms with Gasteiger partial charge < -0.3 is 45.0 Å². The van der Waals surface area contributed by atoms with Crippen LogP contribution < -0.4 is 21.1 Å². The van der Waals surface area contributed by atoms with Gasteiger partial charge in [-0.1, -0.05) is 71.0 Å². The number of aliphatic hydroxyl groups is 1. The quantitative estimate of drug-likeness (QED) is 0.0734. The molecule has 4 heterocycles. The summed E-state index contributed by atoms with van der Waals surface area (Å²) in [5.74, 6) is 7.13. The number of alkyl carbamates (subject to hydrolysis) is 2. The largest absolute Gasteiger partial charge is 0.453 e. The summed E-state index contributed by atoms with van der Waals surface area (Å²) in [5, 5.41) is 13.1. The predicted molar refractivity (Wildman–Crippen MR) is 250 cm³/mol. The second kappa shape index (κ2) is 25.1. The van der Waals surface area contributed by atoms with E-state index in [0.29, 0.717) is 35.7 Å². The highest BCUT2D eigenvalue weighted by atomic mass is 32.2. The summed E-state index contributed by atoms with van der Waals surface area (Å²) in [4.78, 5) is 69.8. The van der Waals surface area contributed by atoms with Gasteiger partial charge >= 0.3 is 12.2 Å². The molecule has 2 aliphatic heterocycles. The maximum absolute atomic E-state index is 13.5. The molecule has 0 aliphatic carbocycles. The Morgan fingerprint density at radius 1 is 0.773 bits per heavy atom. The van der Waals surface area contributed by atoms with Crippen molar-refractivity contribution in [3.8, 4) is 23.1 Å². The molecule has 2 aliphatic rings. The summed E-state index contributed by atoms with van der Waals surface area (Å²) >= 11 is 0. The molecule has 2 aromatic heterocycles. The van der Waals surface area contributed by atoms with Gasteiger partial charge in [0.15, 0.2) is 0 Å². The third kappa shape index (κ3) is 13.9. The normalized spacial score (nSPS) is 16.2. The molecule has 0 saturated carbocycles. The number of H-pyrrole nitrogens is 2. The zero-order valence-electron chi connectivity index (χ0n) is 38.6. The third-order valence-electron chi connectivity index (χ3n) is 10.7. The zero-order chi connectivity index (χ0) is 49.3. The Morgan fingerprint density at radius 3 is 1.71 bits per heavy atom. The van der Waals surface area contributed by atoms with E-state index in [1.807, 2.05) is 52.0 Å². The van der Waals surface area contributed by atoms with Gasteiger partial charge in [0.05, 0.1) is 44.4 Å². The van der Waals surface area contributed by atoms with Crippen LogP contribution in [0.2, 0.25) is 0 Å². The number of nitrogens with one attached hydrogen (secondary N) is 4. The number of hydrogen-bond acceptors (Lipinski definition) is 11. The minimum Gasteiger partial charge on any atom is -0.453 e. The molecular formula is C47H62N8O10S. The van der Waals surface area contributed by atoms with E-state index in [0.717, 1.165) is 49.6 Å². The number of aromatic amines is 2. The number of aliphatic hydroxyl groups excluding tert-OH is 1. The summed E-state index contributed by atoms with van der Waals surface area (Å²) < 4.78 is 39.5. The van der Waals surface area contributed by atoms with Crippen molar-refractivity contribution in [2.24, 2.45) is 11.8 Å². The Kier molecular flexibility index (Phi) is 20.4. The Labute approximate surface area is 386 Å². The number of ether oxygens (including phenoxy) is 2. The number of amides is 4. The summed E-state index contributed by atoms with van der Waals surface area (Å²) in [6.45, 7) is 21.7. The topological polar surface area (TPSA) is 249 Å². The molecule has 18 nitrogen and oxygen atoms in total. The number of imidazole rings is 2. The fraction of sp³-hybridized carbons (Fsp3) is 0.404. The SMILES string of the molecule is C=C.C=c1cccc(S(=O)(=O)O)c1=C.CO.COC(=O)NC(C(=O)N1CCC[C@H]1c1ncc(C#Cc2ccc(-c3cnc([C@@H]4CCCN4C(=O)C(NC(=O)OC)C(C)C)[nH]3)cc2)[nH]1)C(C)C. The number of likely N-dealkylation sites (tertiary alicyclic amines) is 2. The Morgan fingerprint density at radius 2 is 1.26 bits per heavy atom. The molecule has 0 spiro atoms. The maximum Gasteiger partial charge on any atom is 0.407 e. The van der Waals surface area contributed by atoms with Gasteiger partial charge in [0.25, 0.3) is 10.1 Å². The van der Waals surface area contributed by atoms with Gasteiger partial charge in [-0.05, 0) is 77.6 Å². The highest BCUT2D eigenvalue weighted by Crippen LogP contribution is 2.33. The molecule has 2 fully saturated rings. The first-order valence-corrected chi connectivity index (χ1v) is 22.6. The van der Waals surface area contributed by atoms with Gasteiger partial charge in [-0.25, -0.2) is 19.6 Å². The summed E-state index contributed by atoms with van der Waals surface area (Å²) in [5.41, 5.74) is 3.18. The van der Waals surface area contributed by atoms with Gasteiger partial charge in [-0.2, -0.15) is 8.42 Å². The lowest BCUT2D eigenvalue weighted by Gasteiger charge is -2.30. The number of methoxy groups -OCH3 is 2. The molecule has 0 bridgehead atoms. The van der Waals surface area contributed by atoms with Crippen LogP contribution in [0, 0.1) is 23.7 Å². The van der Waals surface area contributed by atoms with E-state index < -0.39 is 34.4 Å². The van der Waals surface area contributed by atoms with E-state index in [4.69, 9.17) is 19.1 Å². The van der Waals surface area contributed by atoms with Crippen molar-refractivity contribution in [1.29, 1.82) is 0 Å². The second-order valence-corrected chi connectivity index (χ2v) is 17.0. The minimum atomic E-state index is -4.16. The number of rotatable bonds is 10. The molecule has 66 heavy (non-hydrogen) atoms. The van der Waals surface area contributed by atoms with Gasteiger partial charge in [-0.3, -0.25) is 14.1 Å². The van der Waals surface area contributed by atoms with E-state index in [9.17, 15) is 27.6 Å². The first kappa shape index (κ1) is 53.6. The van der Waals surface area contributed by atoms with Crippen molar-refractivity contribution in [1.82, 2.24) is 40.4 Å². The lowest BCUT2D eigenvalue weighted by molar-refractivity contribution is -0.136. The molecule has 2 aromatic carbocycles. The average molecular weight is 931 g/mol. The molecule has 2 unspecified atom stereocenters. The number of carbonyl (C=O) groups excluding carboxylic acids is 4. The van der Waals surface area contributed by atoms with Crippen LogP contribution in [-0.4, -0.2) is 118 Å². The molecule has 0 radical (unpaired) electrons. The van der Waals surface area contributed by atoms with Crippen molar-refractivity contribution >= 4 is 47.3 Å². The lowest BCUT2D eigenvalue weighted by Crippen LogP contribution is -2.51. The second-order valence-electron chi connectivity index (χ2n) is 15.7. The molecular weight excluding hydrogens is 869 g/mol. The van der Waals surface area contributed by atoms with E-state index >= 15 is 0 Å². The van der Waals surface area contributed by atoms with Crippen molar-refractivity contribution < 1.29 is 46.7 Å². The summed E-state index contributed by atoms with van der Waals surface area (Å²) in [6, 6.07) is 10.3. The molecule has 6 N–H and O–H groups in total. The van der Waals surface area contributed by atoms with Crippen molar-refractivity contribution in [2.45, 2.75) is 82.4 Å². The van der Waals surface area contributed by atoms with Crippen molar-refractivity contribution in [3.63, 3.8) is 0 Å². The van der Waals surface area contributed by atoms with Crippen LogP contribution in [-0.2, 0) is 29.2 Å². The number of nitrogens with zero attached hydrogens (tertiary/aromatic N) is 4. The number of aromatic nitrogens is 4. The predicted octanol–water partition coefficient (Wildman–Crippen LogP) is 4.45. The molecule has 356 valence electrons. The zero-order valence-corrected chi connectivity index (χ0v) is 39.4. The molecule has 4 aromatic rings. The van der Waals surface area contributed by atoms with Crippen molar-refractivity contribution in [3.05, 3.63) is 101 Å². The minimum absolute atomic E-state index is 0.110. The van der Waals surface area contributed by atoms with Crippen LogP contribution in [0.5, 0.6) is 0 Å². The van der Waals surface area contributed by atoms with Gasteiger partial charge in [0.1, 0.15) is 34.3 Å². The van der Waals surface area contributed by atoms with Crippen LogP contribution in [0.1, 0.15) is 88.4 Å². The van der Waals surface area contributed by atoms with Crippen molar-refractivity contribution in [2.75, 3.05) is 34.4 Å². The molecule has 19 heteroatoms. The fourth-order valence-electron chi connectivity index (χ4n) is 7.33. The average Bonchev–Trinajstić information content (AvgIpc) is 4.16. The number of carbonyl (C=O) groups is 4. The highest BCUT2D eigenvalue weighted by molar-refractivity contribution is 7.85. The Balaban J connectivity index is 0.000000617. The fourth-order valence-corrected chi connectivity index (χ4v) is 8.03. The van der Waals surface area contributed by atoms with E-state index in [1.54, 1.807) is 28.3 Å². The number of hydrogen-bond donors (Lipinski definition) is 6. The Hall–Kier alpha value is -6.75. The first-order chi connectivity index (χ1) is 31.4.